The Labute approximate surface area is 193 Å². The number of hydrazone groups is 1. The summed E-state index contributed by atoms with van der Waals surface area (Å²) < 4.78 is 11.7. The van der Waals surface area contributed by atoms with E-state index in [1.165, 1.54) is 6.21 Å². The third kappa shape index (κ3) is 6.82. The fourth-order valence-electron chi connectivity index (χ4n) is 2.59. The largest absolute Gasteiger partial charge is 0.495 e. The van der Waals surface area contributed by atoms with Gasteiger partial charge in [0.1, 0.15) is 11.5 Å². The zero-order valence-electron chi connectivity index (χ0n) is 16.7. The van der Waals surface area contributed by atoms with Crippen molar-refractivity contribution in [1.82, 2.24) is 5.43 Å². The first-order chi connectivity index (χ1) is 15.0. The van der Waals surface area contributed by atoms with E-state index in [9.17, 15) is 9.59 Å². The summed E-state index contributed by atoms with van der Waals surface area (Å²) in [7, 11) is 1.54. The summed E-state index contributed by atoms with van der Waals surface area (Å²) >= 11 is 2.15. The van der Waals surface area contributed by atoms with Gasteiger partial charge in [0.25, 0.3) is 11.8 Å². The summed E-state index contributed by atoms with van der Waals surface area (Å²) in [6.07, 6.45) is 1.53. The minimum absolute atomic E-state index is 0.141. The summed E-state index contributed by atoms with van der Waals surface area (Å²) in [6, 6.07) is 21.4. The number of rotatable bonds is 8. The molecule has 3 aromatic rings. The summed E-state index contributed by atoms with van der Waals surface area (Å²) in [5.41, 5.74) is 4.39. The van der Waals surface area contributed by atoms with E-state index in [1.807, 2.05) is 24.3 Å². The lowest BCUT2D eigenvalue weighted by atomic mass is 10.2. The van der Waals surface area contributed by atoms with Gasteiger partial charge >= 0.3 is 0 Å². The molecule has 0 atom stereocenters. The van der Waals surface area contributed by atoms with Gasteiger partial charge in [-0.25, -0.2) is 5.43 Å². The first-order valence-corrected chi connectivity index (χ1v) is 10.4. The highest BCUT2D eigenvalue weighted by Crippen LogP contribution is 2.22. The molecule has 0 aliphatic rings. The van der Waals surface area contributed by atoms with Crippen LogP contribution >= 0.6 is 22.6 Å². The van der Waals surface area contributed by atoms with Crippen molar-refractivity contribution in [3.8, 4) is 11.5 Å². The number of halogens is 1. The van der Waals surface area contributed by atoms with Gasteiger partial charge in [-0.05, 0) is 82.8 Å². The number of carbonyl (C=O) groups is 2. The number of anilines is 1. The fraction of sp³-hybridized carbons (Fsp3) is 0.0870. The molecule has 0 saturated carbocycles. The van der Waals surface area contributed by atoms with Crippen molar-refractivity contribution < 1.29 is 19.1 Å². The number of hydrogen-bond donors (Lipinski definition) is 2. The molecule has 158 valence electrons. The lowest BCUT2D eigenvalue weighted by molar-refractivity contribution is -0.118. The zero-order chi connectivity index (χ0) is 22.1. The number of carbonyl (C=O) groups excluding carboxylic acids is 2. The topological polar surface area (TPSA) is 89.0 Å². The second-order valence-corrected chi connectivity index (χ2v) is 7.56. The lowest BCUT2D eigenvalue weighted by Gasteiger charge is -2.10. The number of nitrogens with zero attached hydrogens (tertiary/aromatic N) is 1. The van der Waals surface area contributed by atoms with Crippen LogP contribution in [0.2, 0.25) is 0 Å². The van der Waals surface area contributed by atoms with Crippen LogP contribution in [0.4, 0.5) is 5.69 Å². The molecule has 3 aromatic carbocycles. The minimum atomic E-state index is -0.298. The number of ether oxygens (including phenoxy) is 2. The molecule has 3 rings (SSSR count). The summed E-state index contributed by atoms with van der Waals surface area (Å²) in [4.78, 5) is 24.2. The van der Waals surface area contributed by atoms with Gasteiger partial charge in [0.05, 0.1) is 19.0 Å². The Morgan fingerprint density at radius 3 is 2.55 bits per heavy atom. The van der Waals surface area contributed by atoms with Gasteiger partial charge < -0.3 is 14.8 Å². The smallest absolute Gasteiger partial charge is 0.271 e. The molecule has 0 heterocycles. The number of para-hydroxylation sites is 2. The molecular formula is C23H20IN3O4. The third-order valence-corrected chi connectivity index (χ3v) is 4.77. The van der Waals surface area contributed by atoms with Crippen molar-refractivity contribution in [2.24, 2.45) is 5.10 Å². The SMILES string of the molecule is COc1ccccc1NC(=O)COc1ccc(/C=N\NC(=O)c2cccc(I)c2)cc1. The van der Waals surface area contributed by atoms with Gasteiger partial charge in [-0.2, -0.15) is 5.10 Å². The van der Waals surface area contributed by atoms with Crippen molar-refractivity contribution in [3.05, 3.63) is 87.5 Å². The fourth-order valence-corrected chi connectivity index (χ4v) is 3.14. The lowest BCUT2D eigenvalue weighted by Crippen LogP contribution is -2.20. The van der Waals surface area contributed by atoms with E-state index in [2.05, 4.69) is 38.4 Å². The van der Waals surface area contributed by atoms with Gasteiger partial charge in [-0.15, -0.1) is 0 Å². The molecule has 2 amide bonds. The van der Waals surface area contributed by atoms with Crippen LogP contribution < -0.4 is 20.2 Å². The van der Waals surface area contributed by atoms with Crippen LogP contribution in [0, 0.1) is 3.57 Å². The normalized spacial score (nSPS) is 10.5. The minimum Gasteiger partial charge on any atom is -0.495 e. The average Bonchev–Trinajstić information content (AvgIpc) is 2.79. The summed E-state index contributed by atoms with van der Waals surface area (Å²) in [6.45, 7) is -0.141. The Morgan fingerprint density at radius 1 is 1.03 bits per heavy atom. The Kier molecular flexibility index (Phi) is 7.99. The monoisotopic (exact) mass is 529 g/mol. The van der Waals surface area contributed by atoms with Gasteiger partial charge in [-0.3, -0.25) is 9.59 Å². The molecule has 2 N–H and O–H groups in total. The predicted molar refractivity (Wildman–Crippen MR) is 128 cm³/mol. The maximum Gasteiger partial charge on any atom is 0.271 e. The van der Waals surface area contributed by atoms with Crippen LogP contribution in [-0.2, 0) is 4.79 Å². The van der Waals surface area contributed by atoms with E-state index in [-0.39, 0.29) is 18.4 Å². The zero-order valence-corrected chi connectivity index (χ0v) is 18.8. The molecule has 0 aromatic heterocycles. The molecule has 0 aliphatic heterocycles. The first kappa shape index (κ1) is 22.3. The predicted octanol–water partition coefficient (Wildman–Crippen LogP) is 4.08. The molecule has 31 heavy (non-hydrogen) atoms. The molecular weight excluding hydrogens is 509 g/mol. The molecule has 0 fully saturated rings. The highest BCUT2D eigenvalue weighted by Gasteiger charge is 2.08. The number of benzene rings is 3. The molecule has 7 nitrogen and oxygen atoms in total. The molecule has 0 radical (unpaired) electrons. The standard InChI is InChI=1S/C23H20IN3O4/c1-30-21-8-3-2-7-20(21)26-22(28)15-31-19-11-9-16(10-12-19)14-25-27-23(29)17-5-4-6-18(24)13-17/h2-14H,15H2,1H3,(H,26,28)(H,27,29)/b25-14-. The van der Waals surface area contributed by atoms with Crippen molar-refractivity contribution >= 4 is 46.3 Å². The summed E-state index contributed by atoms with van der Waals surface area (Å²) in [5.74, 6) is 0.535. The van der Waals surface area contributed by atoms with Crippen LogP contribution in [0.25, 0.3) is 0 Å². The molecule has 0 unspecified atom stereocenters. The van der Waals surface area contributed by atoms with Crippen molar-refractivity contribution in [3.63, 3.8) is 0 Å². The van der Waals surface area contributed by atoms with Crippen LogP contribution in [0.15, 0.2) is 77.9 Å². The highest BCUT2D eigenvalue weighted by atomic mass is 127. The van der Waals surface area contributed by atoms with Crippen molar-refractivity contribution in [1.29, 1.82) is 0 Å². The Morgan fingerprint density at radius 2 is 1.81 bits per heavy atom. The maximum absolute atomic E-state index is 12.1. The quantitative estimate of drug-likeness (QED) is 0.262. The van der Waals surface area contributed by atoms with E-state index in [0.717, 1.165) is 9.13 Å². The first-order valence-electron chi connectivity index (χ1n) is 9.30. The second kappa shape index (κ2) is 11.1. The van der Waals surface area contributed by atoms with Crippen molar-refractivity contribution in [2.75, 3.05) is 19.0 Å². The molecule has 0 bridgehead atoms. The number of nitrogens with one attached hydrogen (secondary N) is 2. The van der Waals surface area contributed by atoms with Gasteiger partial charge in [0.15, 0.2) is 6.61 Å². The third-order valence-electron chi connectivity index (χ3n) is 4.10. The van der Waals surface area contributed by atoms with Crippen molar-refractivity contribution in [2.45, 2.75) is 0 Å². The van der Waals surface area contributed by atoms with E-state index >= 15 is 0 Å². The summed E-state index contributed by atoms with van der Waals surface area (Å²) in [5, 5.41) is 6.72. The Balaban J connectivity index is 1.48. The number of methoxy groups -OCH3 is 1. The Hall–Kier alpha value is -3.40. The van der Waals surface area contributed by atoms with E-state index in [1.54, 1.807) is 55.6 Å². The van der Waals surface area contributed by atoms with E-state index in [4.69, 9.17) is 9.47 Å². The number of hydrogen-bond acceptors (Lipinski definition) is 5. The number of amides is 2. The molecule has 0 saturated heterocycles. The van der Waals surface area contributed by atoms with Crippen LogP contribution in [-0.4, -0.2) is 31.7 Å². The van der Waals surface area contributed by atoms with E-state index < -0.39 is 0 Å². The van der Waals surface area contributed by atoms with Gasteiger partial charge in [0.2, 0.25) is 0 Å². The van der Waals surface area contributed by atoms with E-state index in [0.29, 0.717) is 22.7 Å². The van der Waals surface area contributed by atoms with Crippen LogP contribution in [0.3, 0.4) is 0 Å². The highest BCUT2D eigenvalue weighted by molar-refractivity contribution is 14.1. The molecule has 0 spiro atoms. The van der Waals surface area contributed by atoms with Crippen LogP contribution in [0.1, 0.15) is 15.9 Å². The Bertz CT molecular complexity index is 1080. The molecule has 0 aliphatic carbocycles. The van der Waals surface area contributed by atoms with Gasteiger partial charge in [0, 0.05) is 9.13 Å². The second-order valence-electron chi connectivity index (χ2n) is 6.32. The van der Waals surface area contributed by atoms with Crippen LogP contribution in [0.5, 0.6) is 11.5 Å². The maximum atomic E-state index is 12.1. The van der Waals surface area contributed by atoms with Gasteiger partial charge in [-0.1, -0.05) is 18.2 Å². The molecule has 8 heteroatoms. The average molecular weight is 529 g/mol.